The van der Waals surface area contributed by atoms with Crippen LogP contribution in [0.4, 0.5) is 16.2 Å². The van der Waals surface area contributed by atoms with Crippen molar-refractivity contribution in [2.24, 2.45) is 0 Å². The molecule has 0 bridgehead atoms. The average Bonchev–Trinajstić information content (AvgIpc) is 2.84. The van der Waals surface area contributed by atoms with Crippen molar-refractivity contribution in [1.82, 2.24) is 4.98 Å². The van der Waals surface area contributed by atoms with E-state index >= 15 is 0 Å². The number of amides is 2. The molecule has 0 unspecified atom stereocenters. The summed E-state index contributed by atoms with van der Waals surface area (Å²) < 4.78 is 17.6. The Hall–Kier alpha value is -3.29. The number of carbonyl (C=O) groups excluding carboxylic acids is 2. The molecule has 1 aromatic carbocycles. The monoisotopic (exact) mass is 513 g/mol. The Morgan fingerprint density at radius 1 is 0.865 bits per heavy atom. The molecule has 0 radical (unpaired) electrons. The largest absolute Gasteiger partial charge is 0.493 e. The zero-order valence-corrected chi connectivity index (χ0v) is 23.0. The summed E-state index contributed by atoms with van der Waals surface area (Å²) in [5.74, 6) is 0.457. The molecule has 0 atom stereocenters. The topological polar surface area (TPSA) is 98.8 Å². The van der Waals surface area contributed by atoms with Crippen molar-refractivity contribution < 1.29 is 23.8 Å². The molecule has 0 saturated heterocycles. The van der Waals surface area contributed by atoms with Crippen molar-refractivity contribution in [1.29, 1.82) is 0 Å². The molecule has 0 aliphatic carbocycles. The van der Waals surface area contributed by atoms with Gasteiger partial charge in [-0.25, -0.2) is 4.79 Å². The van der Waals surface area contributed by atoms with Crippen molar-refractivity contribution >= 4 is 23.4 Å². The third kappa shape index (κ3) is 11.5. The Morgan fingerprint density at radius 3 is 2.08 bits per heavy atom. The van der Waals surface area contributed by atoms with E-state index in [-0.39, 0.29) is 11.5 Å². The Morgan fingerprint density at radius 2 is 1.51 bits per heavy atom. The molecule has 2 aromatic rings. The van der Waals surface area contributed by atoms with Crippen LogP contribution in [0.3, 0.4) is 0 Å². The predicted octanol–water partition coefficient (Wildman–Crippen LogP) is 7.60. The molecule has 0 spiro atoms. The van der Waals surface area contributed by atoms with Crippen LogP contribution in [0.2, 0.25) is 0 Å². The molecule has 0 aliphatic rings. The van der Waals surface area contributed by atoms with Gasteiger partial charge < -0.3 is 19.5 Å². The Balaban J connectivity index is 2.35. The summed E-state index contributed by atoms with van der Waals surface area (Å²) in [7, 11) is 0. The second-order valence-corrected chi connectivity index (χ2v) is 9.99. The molecule has 0 fully saturated rings. The maximum absolute atomic E-state index is 13.3. The van der Waals surface area contributed by atoms with E-state index in [0.717, 1.165) is 51.4 Å². The number of anilines is 2. The fourth-order valence-corrected chi connectivity index (χ4v) is 3.55. The van der Waals surface area contributed by atoms with Gasteiger partial charge in [0.1, 0.15) is 17.1 Å². The van der Waals surface area contributed by atoms with Gasteiger partial charge in [0.15, 0.2) is 0 Å². The minimum atomic E-state index is -0.673. The van der Waals surface area contributed by atoms with Gasteiger partial charge in [-0.3, -0.25) is 15.1 Å². The molecule has 1 aromatic heterocycles. The summed E-state index contributed by atoms with van der Waals surface area (Å²) in [4.78, 5) is 29.9. The number of carbonyl (C=O) groups is 2. The molecule has 2 N–H and O–H groups in total. The van der Waals surface area contributed by atoms with Gasteiger partial charge in [0.05, 0.1) is 36.3 Å². The highest BCUT2D eigenvalue weighted by molar-refractivity contribution is 6.07. The highest BCUT2D eigenvalue weighted by Gasteiger charge is 2.22. The van der Waals surface area contributed by atoms with Crippen LogP contribution < -0.4 is 20.1 Å². The first-order valence-electron chi connectivity index (χ1n) is 13.4. The zero-order valence-electron chi connectivity index (χ0n) is 23.0. The third-order valence-electron chi connectivity index (χ3n) is 5.39. The Bertz CT molecular complexity index is 973. The van der Waals surface area contributed by atoms with E-state index < -0.39 is 11.7 Å². The molecule has 37 heavy (non-hydrogen) atoms. The van der Waals surface area contributed by atoms with E-state index in [1.165, 1.54) is 0 Å². The quantitative estimate of drug-likeness (QED) is 0.238. The van der Waals surface area contributed by atoms with Crippen LogP contribution in [0.5, 0.6) is 11.5 Å². The molecule has 8 heteroatoms. The van der Waals surface area contributed by atoms with Crippen LogP contribution in [-0.2, 0) is 4.74 Å². The van der Waals surface area contributed by atoms with Gasteiger partial charge in [-0.2, -0.15) is 0 Å². The number of aromatic nitrogens is 1. The minimum Gasteiger partial charge on any atom is -0.493 e. The maximum atomic E-state index is 13.3. The fraction of sp³-hybridized carbons (Fsp3) is 0.552. The number of hydrogen-bond acceptors (Lipinski definition) is 6. The van der Waals surface area contributed by atoms with E-state index in [1.54, 1.807) is 57.4 Å². The molecule has 2 rings (SSSR count). The third-order valence-corrected chi connectivity index (χ3v) is 5.39. The predicted molar refractivity (Wildman–Crippen MR) is 148 cm³/mol. The van der Waals surface area contributed by atoms with Crippen LogP contribution in [0.25, 0.3) is 0 Å². The van der Waals surface area contributed by atoms with Gasteiger partial charge in [-0.15, -0.1) is 0 Å². The van der Waals surface area contributed by atoms with Crippen LogP contribution in [0, 0.1) is 0 Å². The van der Waals surface area contributed by atoms with E-state index in [2.05, 4.69) is 29.5 Å². The highest BCUT2D eigenvalue weighted by Crippen LogP contribution is 2.35. The van der Waals surface area contributed by atoms with Gasteiger partial charge in [-0.05, 0) is 51.8 Å². The summed E-state index contributed by atoms with van der Waals surface area (Å²) >= 11 is 0. The average molecular weight is 514 g/mol. The second kappa shape index (κ2) is 15.7. The number of nitrogens with one attached hydrogen (secondary N) is 2. The van der Waals surface area contributed by atoms with Crippen LogP contribution >= 0.6 is 0 Å². The van der Waals surface area contributed by atoms with Crippen molar-refractivity contribution in [3.8, 4) is 11.5 Å². The van der Waals surface area contributed by atoms with E-state index in [4.69, 9.17) is 14.2 Å². The summed E-state index contributed by atoms with van der Waals surface area (Å²) in [5.41, 5.74) is 0.510. The number of benzene rings is 1. The molecule has 2 amide bonds. The van der Waals surface area contributed by atoms with E-state index in [9.17, 15) is 9.59 Å². The van der Waals surface area contributed by atoms with Crippen molar-refractivity contribution in [2.75, 3.05) is 23.8 Å². The standard InChI is InChI=1S/C29H43N3O5/c1-6-8-10-12-17-35-25-20-26(36-18-13-11-9-7-2)24(32-28(34)37-29(3,4)5)19-23(25)27(33)31-22-15-14-16-30-21-22/h14-16,19-21H,6-13,17-18H2,1-5H3,(H,31,33)(H,32,34). The van der Waals surface area contributed by atoms with Crippen molar-refractivity contribution in [3.63, 3.8) is 0 Å². The smallest absolute Gasteiger partial charge is 0.412 e. The first-order chi connectivity index (χ1) is 17.7. The van der Waals surface area contributed by atoms with E-state index in [1.807, 2.05) is 0 Å². The summed E-state index contributed by atoms with van der Waals surface area (Å²) in [6.45, 7) is 10.6. The number of unbranched alkanes of at least 4 members (excludes halogenated alkanes) is 6. The van der Waals surface area contributed by atoms with Crippen LogP contribution in [0.1, 0.15) is 96.3 Å². The molecule has 8 nitrogen and oxygen atoms in total. The Labute approximate surface area is 221 Å². The highest BCUT2D eigenvalue weighted by atomic mass is 16.6. The maximum Gasteiger partial charge on any atom is 0.412 e. The van der Waals surface area contributed by atoms with E-state index in [0.29, 0.717) is 36.1 Å². The molecule has 0 saturated carbocycles. The van der Waals surface area contributed by atoms with Crippen molar-refractivity contribution in [2.45, 2.75) is 91.6 Å². The van der Waals surface area contributed by atoms with Gasteiger partial charge in [-0.1, -0.05) is 52.4 Å². The molecule has 0 aliphatic heterocycles. The first kappa shape index (κ1) is 29.9. The van der Waals surface area contributed by atoms with Crippen LogP contribution in [-0.4, -0.2) is 35.8 Å². The lowest BCUT2D eigenvalue weighted by atomic mass is 10.1. The minimum absolute atomic E-state index is 0.281. The number of nitrogens with zero attached hydrogens (tertiary/aromatic N) is 1. The molecular formula is C29H43N3O5. The SMILES string of the molecule is CCCCCCOc1cc(OCCCCCC)c(C(=O)Nc2cccnc2)cc1NC(=O)OC(C)(C)C. The molecule has 1 heterocycles. The summed E-state index contributed by atoms with van der Waals surface area (Å²) in [5, 5.41) is 5.60. The van der Waals surface area contributed by atoms with Crippen molar-refractivity contribution in [3.05, 3.63) is 42.2 Å². The van der Waals surface area contributed by atoms with Gasteiger partial charge >= 0.3 is 6.09 Å². The zero-order chi connectivity index (χ0) is 27.1. The molecule has 204 valence electrons. The molecular weight excluding hydrogens is 470 g/mol. The van der Waals surface area contributed by atoms with Gasteiger partial charge in [0, 0.05) is 12.3 Å². The number of pyridine rings is 1. The first-order valence-corrected chi connectivity index (χ1v) is 13.4. The summed E-state index contributed by atoms with van der Waals surface area (Å²) in [6.07, 6.45) is 10.9. The lowest BCUT2D eigenvalue weighted by Gasteiger charge is -2.22. The fourth-order valence-electron chi connectivity index (χ4n) is 3.55. The number of ether oxygens (including phenoxy) is 3. The lowest BCUT2D eigenvalue weighted by molar-refractivity contribution is 0.0634. The van der Waals surface area contributed by atoms with Gasteiger partial charge in [0.2, 0.25) is 0 Å². The lowest BCUT2D eigenvalue weighted by Crippen LogP contribution is -2.27. The number of hydrogen-bond donors (Lipinski definition) is 2. The number of rotatable bonds is 15. The normalized spacial score (nSPS) is 11.1. The Kier molecular flexibility index (Phi) is 12.7. The summed E-state index contributed by atoms with van der Waals surface area (Å²) in [6, 6.07) is 6.76. The van der Waals surface area contributed by atoms with Gasteiger partial charge in [0.25, 0.3) is 5.91 Å². The second-order valence-electron chi connectivity index (χ2n) is 9.99. The van der Waals surface area contributed by atoms with Crippen LogP contribution in [0.15, 0.2) is 36.7 Å².